The summed E-state index contributed by atoms with van der Waals surface area (Å²) >= 11 is 0. The van der Waals surface area contributed by atoms with E-state index in [0.29, 0.717) is 0 Å². The molecule has 0 aliphatic rings. The molecule has 33 heavy (non-hydrogen) atoms. The van der Waals surface area contributed by atoms with Crippen LogP contribution in [0.25, 0.3) is 55.4 Å². The number of rotatable bonds is 3. The maximum absolute atomic E-state index is 5.07. The Labute approximate surface area is 193 Å². The zero-order valence-electron chi connectivity index (χ0n) is 18.4. The fourth-order valence-electron chi connectivity index (χ4n) is 4.52. The Morgan fingerprint density at radius 1 is 0.515 bits per heavy atom. The van der Waals surface area contributed by atoms with Crippen molar-refractivity contribution in [2.45, 2.75) is 6.92 Å². The molecule has 0 spiro atoms. The fourth-order valence-corrected chi connectivity index (χ4v) is 4.52. The van der Waals surface area contributed by atoms with Gasteiger partial charge in [-0.15, -0.1) is 0 Å². The number of nitrogens with zero attached hydrogens (tertiary/aromatic N) is 2. The van der Waals surface area contributed by atoms with Gasteiger partial charge in [0.1, 0.15) is 0 Å². The zero-order valence-corrected chi connectivity index (χ0v) is 18.4. The third kappa shape index (κ3) is 3.56. The molecule has 1 aromatic heterocycles. The minimum Gasteiger partial charge on any atom is -0.228 e. The summed E-state index contributed by atoms with van der Waals surface area (Å²) in [7, 11) is 0. The van der Waals surface area contributed by atoms with Gasteiger partial charge in [-0.25, -0.2) is 9.97 Å². The number of aryl methyl sites for hydroxylation is 1. The highest BCUT2D eigenvalue weighted by atomic mass is 14.9. The van der Waals surface area contributed by atoms with Crippen molar-refractivity contribution in [1.29, 1.82) is 0 Å². The van der Waals surface area contributed by atoms with E-state index in [4.69, 9.17) is 9.97 Å². The average molecular weight is 423 g/mol. The minimum atomic E-state index is 0.753. The van der Waals surface area contributed by atoms with Crippen LogP contribution in [-0.2, 0) is 0 Å². The maximum atomic E-state index is 5.07. The number of aromatic nitrogens is 2. The van der Waals surface area contributed by atoms with Crippen molar-refractivity contribution in [3.63, 3.8) is 0 Å². The molecule has 0 saturated carbocycles. The summed E-state index contributed by atoms with van der Waals surface area (Å²) in [6.07, 6.45) is 0. The first-order chi connectivity index (χ1) is 16.3. The highest BCUT2D eigenvalue weighted by molar-refractivity contribution is 5.98. The summed E-state index contributed by atoms with van der Waals surface area (Å²) in [5.41, 5.74) is 7.65. The molecule has 2 nitrogen and oxygen atoms in total. The minimum absolute atomic E-state index is 0.753. The van der Waals surface area contributed by atoms with Gasteiger partial charge in [-0.3, -0.25) is 0 Å². The van der Waals surface area contributed by atoms with E-state index in [0.717, 1.165) is 33.5 Å². The van der Waals surface area contributed by atoms with Crippen molar-refractivity contribution < 1.29 is 0 Å². The molecule has 1 heterocycles. The Morgan fingerprint density at radius 3 is 2.12 bits per heavy atom. The number of para-hydroxylation sites is 1. The van der Waals surface area contributed by atoms with Gasteiger partial charge in [0.2, 0.25) is 0 Å². The highest BCUT2D eigenvalue weighted by Crippen LogP contribution is 2.34. The van der Waals surface area contributed by atoms with Gasteiger partial charge in [0.25, 0.3) is 0 Å². The van der Waals surface area contributed by atoms with Crippen molar-refractivity contribution in [3.05, 3.63) is 121 Å². The predicted molar refractivity (Wildman–Crippen MR) is 138 cm³/mol. The lowest BCUT2D eigenvalue weighted by Gasteiger charge is -2.12. The molecule has 6 rings (SSSR count). The van der Waals surface area contributed by atoms with Crippen LogP contribution >= 0.6 is 0 Å². The molecule has 0 bridgehead atoms. The molecule has 0 fully saturated rings. The lowest BCUT2D eigenvalue weighted by molar-refractivity contribution is 1.22. The lowest BCUT2D eigenvalue weighted by Crippen LogP contribution is -1.95. The number of hydrogen-bond donors (Lipinski definition) is 0. The number of hydrogen-bond acceptors (Lipinski definition) is 2. The van der Waals surface area contributed by atoms with Crippen LogP contribution in [-0.4, -0.2) is 9.97 Å². The Hall–Kier alpha value is -4.30. The third-order valence-corrected chi connectivity index (χ3v) is 6.12. The van der Waals surface area contributed by atoms with Crippen molar-refractivity contribution in [3.8, 4) is 33.8 Å². The molecule has 156 valence electrons. The Balaban J connectivity index is 1.57. The predicted octanol–water partition coefficient (Wildman–Crippen LogP) is 8.09. The largest absolute Gasteiger partial charge is 0.228 e. The van der Waals surface area contributed by atoms with Crippen LogP contribution in [0.3, 0.4) is 0 Å². The topological polar surface area (TPSA) is 25.8 Å². The second-order valence-corrected chi connectivity index (χ2v) is 8.39. The van der Waals surface area contributed by atoms with Gasteiger partial charge in [0.05, 0.1) is 11.2 Å². The van der Waals surface area contributed by atoms with Crippen LogP contribution in [0.4, 0.5) is 0 Å². The Kier molecular flexibility index (Phi) is 4.70. The molecule has 0 aliphatic heterocycles. The molecule has 0 N–H and O–H groups in total. The zero-order chi connectivity index (χ0) is 22.2. The molecule has 2 heteroatoms. The third-order valence-electron chi connectivity index (χ3n) is 6.12. The van der Waals surface area contributed by atoms with E-state index in [1.54, 1.807) is 0 Å². The standard InChI is InChI=1S/C31H22N2/c1-21-9-6-14-25(19-21)31-32-29-18-5-4-16-28(29)30(33-31)24-13-7-12-23(20-24)27-17-8-11-22-10-2-3-15-26(22)27/h2-20H,1H3. The van der Waals surface area contributed by atoms with E-state index in [2.05, 4.69) is 116 Å². The summed E-state index contributed by atoms with van der Waals surface area (Å²) in [4.78, 5) is 9.95. The van der Waals surface area contributed by atoms with Crippen molar-refractivity contribution in [2.75, 3.05) is 0 Å². The Bertz CT molecular complexity index is 1630. The average Bonchev–Trinajstić information content (AvgIpc) is 2.88. The van der Waals surface area contributed by atoms with Gasteiger partial charge in [-0.2, -0.15) is 0 Å². The molecular weight excluding hydrogens is 400 g/mol. The molecule has 0 radical (unpaired) electrons. The van der Waals surface area contributed by atoms with E-state index >= 15 is 0 Å². The second kappa shape index (κ2) is 7.99. The molecular formula is C31H22N2. The molecule has 0 amide bonds. The smallest absolute Gasteiger partial charge is 0.160 e. The van der Waals surface area contributed by atoms with Gasteiger partial charge < -0.3 is 0 Å². The second-order valence-electron chi connectivity index (χ2n) is 8.39. The van der Waals surface area contributed by atoms with Gasteiger partial charge >= 0.3 is 0 Å². The summed E-state index contributed by atoms with van der Waals surface area (Å²) < 4.78 is 0. The molecule has 5 aromatic carbocycles. The van der Waals surface area contributed by atoms with Gasteiger partial charge in [0, 0.05) is 16.5 Å². The summed E-state index contributed by atoms with van der Waals surface area (Å²) in [6.45, 7) is 2.10. The van der Waals surface area contributed by atoms with Crippen LogP contribution in [0.1, 0.15) is 5.56 Å². The summed E-state index contributed by atoms with van der Waals surface area (Å²) in [5, 5.41) is 3.56. The van der Waals surface area contributed by atoms with E-state index in [-0.39, 0.29) is 0 Å². The van der Waals surface area contributed by atoms with Crippen LogP contribution in [0.2, 0.25) is 0 Å². The van der Waals surface area contributed by atoms with Crippen molar-refractivity contribution >= 4 is 21.7 Å². The highest BCUT2D eigenvalue weighted by Gasteiger charge is 2.13. The van der Waals surface area contributed by atoms with Gasteiger partial charge in [-0.05, 0) is 47.0 Å². The summed E-state index contributed by atoms with van der Waals surface area (Å²) in [6, 6.07) is 40.3. The first-order valence-corrected chi connectivity index (χ1v) is 11.2. The van der Waals surface area contributed by atoms with E-state index in [1.807, 2.05) is 6.07 Å². The Morgan fingerprint density at radius 2 is 1.21 bits per heavy atom. The monoisotopic (exact) mass is 422 g/mol. The van der Waals surface area contributed by atoms with Crippen LogP contribution in [0, 0.1) is 6.92 Å². The lowest BCUT2D eigenvalue weighted by atomic mass is 9.95. The van der Waals surface area contributed by atoms with Crippen molar-refractivity contribution in [2.24, 2.45) is 0 Å². The van der Waals surface area contributed by atoms with Crippen molar-refractivity contribution in [1.82, 2.24) is 9.97 Å². The normalized spacial score (nSPS) is 11.2. The first-order valence-electron chi connectivity index (χ1n) is 11.2. The SMILES string of the molecule is Cc1cccc(-c2nc(-c3cccc(-c4cccc5ccccc45)c3)c3ccccc3n2)c1. The maximum Gasteiger partial charge on any atom is 0.160 e. The van der Waals surface area contributed by atoms with Crippen LogP contribution < -0.4 is 0 Å². The van der Waals surface area contributed by atoms with E-state index in [1.165, 1.54) is 27.5 Å². The van der Waals surface area contributed by atoms with Crippen LogP contribution in [0.15, 0.2) is 115 Å². The molecule has 6 aromatic rings. The van der Waals surface area contributed by atoms with Gasteiger partial charge in [0.15, 0.2) is 5.82 Å². The van der Waals surface area contributed by atoms with Crippen LogP contribution in [0.5, 0.6) is 0 Å². The van der Waals surface area contributed by atoms with E-state index in [9.17, 15) is 0 Å². The molecule has 0 atom stereocenters. The fraction of sp³-hybridized carbons (Fsp3) is 0.0323. The van der Waals surface area contributed by atoms with Gasteiger partial charge in [-0.1, -0.05) is 103 Å². The molecule has 0 unspecified atom stereocenters. The summed E-state index contributed by atoms with van der Waals surface area (Å²) in [5.74, 6) is 0.753. The van der Waals surface area contributed by atoms with E-state index < -0.39 is 0 Å². The first kappa shape index (κ1) is 19.4. The number of benzene rings is 5. The number of fused-ring (bicyclic) bond motifs is 2. The quantitative estimate of drug-likeness (QED) is 0.288. The molecule has 0 saturated heterocycles. The molecule has 0 aliphatic carbocycles.